The summed E-state index contributed by atoms with van der Waals surface area (Å²) in [6, 6.07) is 6.73. The molecule has 0 spiro atoms. The van der Waals surface area contributed by atoms with Crippen LogP contribution in [0.2, 0.25) is 5.02 Å². The molecule has 152 valence electrons. The largest absolute Gasteiger partial charge is 0.494 e. The highest BCUT2D eigenvalue weighted by Crippen LogP contribution is 2.33. The summed E-state index contributed by atoms with van der Waals surface area (Å²) in [7, 11) is 0. The molecule has 0 saturated heterocycles. The number of aromatic nitrogens is 1. The fraction of sp³-hybridized carbons (Fsp3) is 0.409. The second kappa shape index (κ2) is 8.71. The standard InChI is InChI=1S/C22H23ClN2O4/c1-13-10-16(8-9-18(13)23)29-12-19(26)20-14(2)17(11-24)21(27)25(22(20)28)15-6-4-3-5-7-15/h8-10,15,28H,3-7,12H2,1-2H3. The number of nitriles is 1. The molecule has 1 aromatic carbocycles. The van der Waals surface area contributed by atoms with Crippen molar-refractivity contribution in [1.82, 2.24) is 4.57 Å². The summed E-state index contributed by atoms with van der Waals surface area (Å²) in [4.78, 5) is 25.7. The summed E-state index contributed by atoms with van der Waals surface area (Å²) in [5.74, 6) is -0.397. The van der Waals surface area contributed by atoms with E-state index in [1.165, 1.54) is 11.5 Å². The van der Waals surface area contributed by atoms with E-state index in [1.807, 2.05) is 13.0 Å². The van der Waals surface area contributed by atoms with E-state index in [0.717, 1.165) is 37.7 Å². The number of pyridine rings is 1. The third-order valence-electron chi connectivity index (χ3n) is 5.46. The smallest absolute Gasteiger partial charge is 0.271 e. The third-order valence-corrected chi connectivity index (χ3v) is 5.89. The highest BCUT2D eigenvalue weighted by atomic mass is 35.5. The van der Waals surface area contributed by atoms with Crippen LogP contribution in [0.15, 0.2) is 23.0 Å². The van der Waals surface area contributed by atoms with Crippen LogP contribution in [0.3, 0.4) is 0 Å². The van der Waals surface area contributed by atoms with Gasteiger partial charge in [-0.05, 0) is 56.0 Å². The zero-order chi connectivity index (χ0) is 21.1. The van der Waals surface area contributed by atoms with Gasteiger partial charge in [0.1, 0.15) is 17.4 Å². The van der Waals surface area contributed by atoms with Gasteiger partial charge < -0.3 is 9.84 Å². The molecule has 0 amide bonds. The van der Waals surface area contributed by atoms with E-state index in [2.05, 4.69) is 0 Å². The molecule has 1 aliphatic carbocycles. The monoisotopic (exact) mass is 414 g/mol. The van der Waals surface area contributed by atoms with Gasteiger partial charge in [-0.1, -0.05) is 30.9 Å². The van der Waals surface area contributed by atoms with Gasteiger partial charge in [-0.25, -0.2) is 0 Å². The Hall–Kier alpha value is -2.78. The molecule has 6 nitrogen and oxygen atoms in total. The van der Waals surface area contributed by atoms with Gasteiger partial charge in [0.05, 0.1) is 5.56 Å². The number of halogens is 1. The van der Waals surface area contributed by atoms with Crippen LogP contribution in [0.5, 0.6) is 11.6 Å². The minimum Gasteiger partial charge on any atom is -0.494 e. The van der Waals surface area contributed by atoms with E-state index in [1.54, 1.807) is 18.2 Å². The second-order valence-corrected chi connectivity index (χ2v) is 7.81. The summed E-state index contributed by atoms with van der Waals surface area (Å²) in [6.07, 6.45) is 4.41. The molecule has 1 saturated carbocycles. The maximum atomic E-state index is 12.9. The molecule has 1 heterocycles. The van der Waals surface area contributed by atoms with Gasteiger partial charge in [0.25, 0.3) is 5.56 Å². The average Bonchev–Trinajstić information content (AvgIpc) is 2.70. The highest BCUT2D eigenvalue weighted by Gasteiger charge is 2.28. The van der Waals surface area contributed by atoms with Crippen LogP contribution in [-0.4, -0.2) is 22.1 Å². The number of ketones is 1. The lowest BCUT2D eigenvalue weighted by molar-refractivity contribution is 0.0915. The first-order valence-electron chi connectivity index (χ1n) is 9.65. The summed E-state index contributed by atoms with van der Waals surface area (Å²) in [6.45, 7) is 3.00. The highest BCUT2D eigenvalue weighted by molar-refractivity contribution is 6.31. The molecule has 1 N–H and O–H groups in total. The topological polar surface area (TPSA) is 92.3 Å². The quantitative estimate of drug-likeness (QED) is 0.729. The molecule has 0 unspecified atom stereocenters. The van der Waals surface area contributed by atoms with Gasteiger partial charge in [-0.3, -0.25) is 14.2 Å². The van der Waals surface area contributed by atoms with Crippen molar-refractivity contribution in [3.8, 4) is 17.7 Å². The zero-order valence-electron chi connectivity index (χ0n) is 16.5. The van der Waals surface area contributed by atoms with Crippen molar-refractivity contribution in [1.29, 1.82) is 5.26 Å². The lowest BCUT2D eigenvalue weighted by Gasteiger charge is -2.26. The molecule has 0 aliphatic heterocycles. The number of ether oxygens (including phenoxy) is 1. The van der Waals surface area contributed by atoms with Crippen molar-refractivity contribution in [2.45, 2.75) is 52.0 Å². The maximum Gasteiger partial charge on any atom is 0.271 e. The first kappa shape index (κ1) is 20.9. The number of rotatable bonds is 5. The third kappa shape index (κ3) is 4.15. The summed E-state index contributed by atoms with van der Waals surface area (Å²) in [5.41, 5.74) is 0.313. The van der Waals surface area contributed by atoms with Crippen LogP contribution in [0.1, 0.15) is 65.2 Å². The number of hydrogen-bond acceptors (Lipinski definition) is 5. The van der Waals surface area contributed by atoms with Crippen LogP contribution in [-0.2, 0) is 0 Å². The molecular weight excluding hydrogens is 392 g/mol. The Kier molecular flexibility index (Phi) is 6.29. The molecule has 0 atom stereocenters. The minimum atomic E-state index is -0.541. The second-order valence-electron chi connectivity index (χ2n) is 7.40. The number of aryl methyl sites for hydroxylation is 1. The van der Waals surface area contributed by atoms with Crippen molar-refractivity contribution < 1.29 is 14.6 Å². The fourth-order valence-corrected chi connectivity index (χ4v) is 3.98. The Balaban J connectivity index is 1.96. The van der Waals surface area contributed by atoms with Gasteiger partial charge >= 0.3 is 0 Å². The Morgan fingerprint density at radius 1 is 1.31 bits per heavy atom. The first-order valence-corrected chi connectivity index (χ1v) is 10.0. The number of nitrogens with zero attached hydrogens (tertiary/aromatic N) is 2. The molecule has 3 rings (SSSR count). The summed E-state index contributed by atoms with van der Waals surface area (Å²) < 4.78 is 6.79. The zero-order valence-corrected chi connectivity index (χ0v) is 17.3. The molecule has 2 aromatic rings. The Labute approximate surface area is 174 Å². The van der Waals surface area contributed by atoms with Gasteiger partial charge in [0.15, 0.2) is 6.61 Å². The SMILES string of the molecule is Cc1cc(OCC(=O)c2c(C)c(C#N)c(=O)n(C3CCCCC3)c2O)ccc1Cl. The molecule has 0 radical (unpaired) electrons. The van der Waals surface area contributed by atoms with E-state index < -0.39 is 11.3 Å². The van der Waals surface area contributed by atoms with E-state index in [4.69, 9.17) is 16.3 Å². The Bertz CT molecular complexity index is 1050. The Morgan fingerprint density at radius 2 is 2.00 bits per heavy atom. The summed E-state index contributed by atoms with van der Waals surface area (Å²) >= 11 is 6.00. The molecule has 1 fully saturated rings. The van der Waals surface area contributed by atoms with Crippen molar-refractivity contribution in [3.63, 3.8) is 0 Å². The number of hydrogen-bond donors (Lipinski definition) is 1. The van der Waals surface area contributed by atoms with Crippen LogP contribution >= 0.6 is 11.6 Å². The van der Waals surface area contributed by atoms with E-state index in [-0.39, 0.29) is 35.2 Å². The van der Waals surface area contributed by atoms with E-state index in [0.29, 0.717) is 10.8 Å². The van der Waals surface area contributed by atoms with Crippen LogP contribution in [0.25, 0.3) is 0 Å². The normalized spacial score (nSPS) is 14.4. The first-order chi connectivity index (χ1) is 13.8. The molecule has 1 aromatic heterocycles. The van der Waals surface area contributed by atoms with Gasteiger partial charge in [-0.2, -0.15) is 5.26 Å². The number of carbonyl (C=O) groups is 1. The molecule has 29 heavy (non-hydrogen) atoms. The van der Waals surface area contributed by atoms with Crippen molar-refractivity contribution in [2.24, 2.45) is 0 Å². The van der Waals surface area contributed by atoms with Crippen LogP contribution in [0.4, 0.5) is 0 Å². The number of benzene rings is 1. The molecule has 7 heteroatoms. The van der Waals surface area contributed by atoms with Crippen LogP contribution in [0, 0.1) is 25.2 Å². The molecule has 0 bridgehead atoms. The van der Waals surface area contributed by atoms with Crippen molar-refractivity contribution in [3.05, 3.63) is 55.8 Å². The predicted molar refractivity (Wildman–Crippen MR) is 110 cm³/mol. The van der Waals surface area contributed by atoms with Crippen LogP contribution < -0.4 is 10.3 Å². The minimum absolute atomic E-state index is 0.0302. The number of carbonyl (C=O) groups excluding carboxylic acids is 1. The van der Waals surface area contributed by atoms with Gasteiger partial charge in [-0.15, -0.1) is 0 Å². The Morgan fingerprint density at radius 3 is 2.62 bits per heavy atom. The van der Waals surface area contributed by atoms with Crippen molar-refractivity contribution >= 4 is 17.4 Å². The maximum absolute atomic E-state index is 12.9. The van der Waals surface area contributed by atoms with Gasteiger partial charge in [0, 0.05) is 11.1 Å². The molecule has 1 aliphatic rings. The number of Topliss-reactive ketones (excluding diaryl/α,β-unsaturated/α-hetero) is 1. The number of aromatic hydroxyl groups is 1. The predicted octanol–water partition coefficient (Wildman–Crippen LogP) is 4.46. The molecular formula is C22H23ClN2O4. The lowest BCUT2D eigenvalue weighted by atomic mass is 9.93. The van der Waals surface area contributed by atoms with E-state index >= 15 is 0 Å². The average molecular weight is 415 g/mol. The lowest BCUT2D eigenvalue weighted by Crippen LogP contribution is -2.31. The van der Waals surface area contributed by atoms with E-state index in [9.17, 15) is 20.0 Å². The fourth-order valence-electron chi connectivity index (χ4n) is 3.86. The van der Waals surface area contributed by atoms with Crippen molar-refractivity contribution in [2.75, 3.05) is 6.61 Å². The summed E-state index contributed by atoms with van der Waals surface area (Å²) in [5, 5.41) is 20.9. The van der Waals surface area contributed by atoms with Gasteiger partial charge in [0.2, 0.25) is 11.7 Å².